The van der Waals surface area contributed by atoms with E-state index in [-0.39, 0.29) is 19.3 Å². The fraction of sp³-hybridized carbons (Fsp3) is 0.316. The molecule has 0 fully saturated rings. The highest BCUT2D eigenvalue weighted by Crippen LogP contribution is 2.32. The van der Waals surface area contributed by atoms with Crippen LogP contribution in [0.4, 0.5) is 0 Å². The zero-order valence-electron chi connectivity index (χ0n) is 14.1. The van der Waals surface area contributed by atoms with Crippen molar-refractivity contribution >= 4 is 5.91 Å². The summed E-state index contributed by atoms with van der Waals surface area (Å²) >= 11 is 0. The Balaban J connectivity index is 1.52. The first-order chi connectivity index (χ1) is 11.5. The van der Waals surface area contributed by atoms with Gasteiger partial charge < -0.3 is 19.5 Å². The van der Waals surface area contributed by atoms with E-state index >= 15 is 0 Å². The third kappa shape index (κ3) is 3.62. The Morgan fingerprint density at radius 1 is 1.04 bits per heavy atom. The molecule has 0 radical (unpaired) electrons. The van der Waals surface area contributed by atoms with Crippen LogP contribution >= 0.6 is 0 Å². The summed E-state index contributed by atoms with van der Waals surface area (Å²) < 4.78 is 16.2. The Morgan fingerprint density at radius 3 is 2.62 bits per heavy atom. The summed E-state index contributed by atoms with van der Waals surface area (Å²) in [4.78, 5) is 12.0. The molecule has 0 spiro atoms. The average Bonchev–Trinajstić information content (AvgIpc) is 3.02. The third-order valence-electron chi connectivity index (χ3n) is 4.08. The van der Waals surface area contributed by atoms with Crippen LogP contribution in [-0.2, 0) is 11.3 Å². The van der Waals surface area contributed by atoms with Crippen LogP contribution in [0.2, 0.25) is 0 Å². The predicted octanol–water partition coefficient (Wildman–Crippen LogP) is 3.04. The molecule has 1 aliphatic rings. The van der Waals surface area contributed by atoms with Crippen molar-refractivity contribution in [3.05, 3.63) is 52.6 Å². The van der Waals surface area contributed by atoms with Crippen molar-refractivity contribution in [3.63, 3.8) is 0 Å². The van der Waals surface area contributed by atoms with Crippen molar-refractivity contribution in [3.8, 4) is 17.2 Å². The summed E-state index contributed by atoms with van der Waals surface area (Å²) in [5.41, 5.74) is 4.35. The van der Waals surface area contributed by atoms with Gasteiger partial charge >= 0.3 is 0 Å². The minimum absolute atomic E-state index is 0.00606. The average molecular weight is 327 g/mol. The highest BCUT2D eigenvalue weighted by molar-refractivity contribution is 5.77. The zero-order chi connectivity index (χ0) is 17.1. The van der Waals surface area contributed by atoms with Crippen LogP contribution in [0.1, 0.15) is 22.3 Å². The maximum atomic E-state index is 12.0. The van der Waals surface area contributed by atoms with Gasteiger partial charge in [0.25, 0.3) is 5.91 Å². The molecule has 0 saturated carbocycles. The van der Waals surface area contributed by atoms with Crippen LogP contribution in [-0.4, -0.2) is 19.3 Å². The molecule has 2 aromatic rings. The minimum atomic E-state index is -0.162. The van der Waals surface area contributed by atoms with Gasteiger partial charge in [-0.1, -0.05) is 12.1 Å². The lowest BCUT2D eigenvalue weighted by Crippen LogP contribution is -2.28. The maximum Gasteiger partial charge on any atom is 0.258 e. The molecule has 1 N–H and O–H groups in total. The lowest BCUT2D eigenvalue weighted by molar-refractivity contribution is -0.123. The van der Waals surface area contributed by atoms with Gasteiger partial charge in [0.2, 0.25) is 6.79 Å². The van der Waals surface area contributed by atoms with E-state index in [1.807, 2.05) is 38.1 Å². The predicted molar refractivity (Wildman–Crippen MR) is 90.6 cm³/mol. The van der Waals surface area contributed by atoms with Gasteiger partial charge in [-0.25, -0.2) is 0 Å². The lowest BCUT2D eigenvalue weighted by Gasteiger charge is -2.12. The van der Waals surface area contributed by atoms with E-state index in [1.165, 1.54) is 5.56 Å². The van der Waals surface area contributed by atoms with Crippen LogP contribution in [0.25, 0.3) is 0 Å². The van der Waals surface area contributed by atoms with E-state index < -0.39 is 0 Å². The molecule has 0 bridgehead atoms. The molecule has 0 saturated heterocycles. The van der Waals surface area contributed by atoms with Crippen molar-refractivity contribution < 1.29 is 19.0 Å². The number of hydrogen-bond donors (Lipinski definition) is 1. The Labute approximate surface area is 141 Å². The second kappa shape index (κ2) is 6.83. The number of rotatable bonds is 5. The van der Waals surface area contributed by atoms with Crippen molar-refractivity contribution in [2.24, 2.45) is 0 Å². The molecule has 0 aliphatic carbocycles. The fourth-order valence-corrected chi connectivity index (χ4v) is 2.54. The van der Waals surface area contributed by atoms with E-state index in [1.54, 1.807) is 0 Å². The number of ether oxygens (including phenoxy) is 3. The van der Waals surface area contributed by atoms with Gasteiger partial charge in [-0.3, -0.25) is 4.79 Å². The first kappa shape index (κ1) is 16.2. The van der Waals surface area contributed by atoms with Crippen LogP contribution < -0.4 is 19.5 Å². The summed E-state index contributed by atoms with van der Waals surface area (Å²) in [5.74, 6) is 2.03. The monoisotopic (exact) mass is 327 g/mol. The topological polar surface area (TPSA) is 56.8 Å². The van der Waals surface area contributed by atoms with Crippen LogP contribution in [0.3, 0.4) is 0 Å². The van der Waals surface area contributed by atoms with Crippen LogP contribution in [0, 0.1) is 20.8 Å². The third-order valence-corrected chi connectivity index (χ3v) is 4.08. The van der Waals surface area contributed by atoms with Crippen molar-refractivity contribution in [2.45, 2.75) is 27.3 Å². The summed E-state index contributed by atoms with van der Waals surface area (Å²) in [6.45, 7) is 6.73. The molecule has 126 valence electrons. The van der Waals surface area contributed by atoms with Gasteiger partial charge in [0.1, 0.15) is 5.75 Å². The molecule has 1 aliphatic heterocycles. The number of carbonyl (C=O) groups is 1. The Morgan fingerprint density at radius 2 is 1.79 bits per heavy atom. The van der Waals surface area contributed by atoms with Crippen LogP contribution in [0.15, 0.2) is 30.3 Å². The quantitative estimate of drug-likeness (QED) is 0.917. The molecule has 3 rings (SSSR count). The lowest BCUT2D eigenvalue weighted by atomic mass is 10.1. The number of hydrogen-bond acceptors (Lipinski definition) is 4. The molecule has 5 heteroatoms. The fourth-order valence-electron chi connectivity index (χ4n) is 2.54. The minimum Gasteiger partial charge on any atom is -0.483 e. The normalized spacial score (nSPS) is 12.1. The number of carbonyl (C=O) groups excluding carboxylic acids is 1. The maximum absolute atomic E-state index is 12.0. The Kier molecular flexibility index (Phi) is 4.60. The van der Waals surface area contributed by atoms with E-state index in [0.717, 1.165) is 28.2 Å². The smallest absolute Gasteiger partial charge is 0.258 e. The number of amides is 1. The molecule has 1 heterocycles. The summed E-state index contributed by atoms with van der Waals surface area (Å²) in [6.07, 6.45) is 0. The summed E-state index contributed by atoms with van der Waals surface area (Å²) in [6, 6.07) is 9.66. The van der Waals surface area contributed by atoms with Gasteiger partial charge in [-0.2, -0.15) is 0 Å². The van der Waals surface area contributed by atoms with Gasteiger partial charge in [0.15, 0.2) is 18.1 Å². The SMILES string of the molecule is Cc1cc(C)c(OCC(=O)NCc2ccc3c(c2)OCO3)cc1C. The molecule has 0 aromatic heterocycles. The number of benzene rings is 2. The van der Waals surface area contributed by atoms with E-state index in [4.69, 9.17) is 14.2 Å². The van der Waals surface area contributed by atoms with Gasteiger partial charge in [0.05, 0.1) is 0 Å². The summed E-state index contributed by atoms with van der Waals surface area (Å²) in [7, 11) is 0. The van der Waals surface area contributed by atoms with Crippen molar-refractivity contribution in [1.82, 2.24) is 5.32 Å². The molecular formula is C19H21NO4. The van der Waals surface area contributed by atoms with Crippen LogP contribution in [0.5, 0.6) is 17.2 Å². The molecular weight excluding hydrogens is 306 g/mol. The second-order valence-electron chi connectivity index (χ2n) is 5.95. The Hall–Kier alpha value is -2.69. The van der Waals surface area contributed by atoms with Crippen molar-refractivity contribution in [1.29, 1.82) is 0 Å². The molecule has 5 nitrogen and oxygen atoms in total. The van der Waals surface area contributed by atoms with Gasteiger partial charge in [-0.05, 0) is 61.2 Å². The highest BCUT2D eigenvalue weighted by atomic mass is 16.7. The summed E-state index contributed by atoms with van der Waals surface area (Å²) in [5, 5.41) is 2.85. The Bertz CT molecular complexity index is 770. The van der Waals surface area contributed by atoms with Gasteiger partial charge in [-0.15, -0.1) is 0 Å². The molecule has 0 atom stereocenters. The number of aryl methyl sites for hydroxylation is 3. The number of nitrogens with one attached hydrogen (secondary N) is 1. The molecule has 24 heavy (non-hydrogen) atoms. The molecule has 2 aromatic carbocycles. The first-order valence-corrected chi connectivity index (χ1v) is 7.89. The zero-order valence-corrected chi connectivity index (χ0v) is 14.1. The van der Waals surface area contributed by atoms with E-state index in [2.05, 4.69) is 18.3 Å². The van der Waals surface area contributed by atoms with Crippen molar-refractivity contribution in [2.75, 3.05) is 13.4 Å². The standard InChI is InChI=1S/C19H21NO4/c1-12-6-14(3)17(7-13(12)2)22-10-19(21)20-9-15-4-5-16-18(8-15)24-11-23-16/h4-8H,9-11H2,1-3H3,(H,20,21). The second-order valence-corrected chi connectivity index (χ2v) is 5.95. The largest absolute Gasteiger partial charge is 0.483 e. The molecule has 0 unspecified atom stereocenters. The van der Waals surface area contributed by atoms with E-state index in [9.17, 15) is 4.79 Å². The van der Waals surface area contributed by atoms with E-state index in [0.29, 0.717) is 12.3 Å². The van der Waals surface area contributed by atoms with Gasteiger partial charge in [0, 0.05) is 6.54 Å². The first-order valence-electron chi connectivity index (χ1n) is 7.89. The number of fused-ring (bicyclic) bond motifs is 1. The molecule has 1 amide bonds. The highest BCUT2D eigenvalue weighted by Gasteiger charge is 2.13.